The summed E-state index contributed by atoms with van der Waals surface area (Å²) in [6.07, 6.45) is 0. The van der Waals surface area contributed by atoms with E-state index >= 15 is 0 Å². The van der Waals surface area contributed by atoms with Gasteiger partial charge in [-0.1, -0.05) is 11.6 Å². The maximum absolute atomic E-state index is 11.1. The van der Waals surface area contributed by atoms with Gasteiger partial charge in [0.1, 0.15) is 5.21 Å². The fourth-order valence-corrected chi connectivity index (χ4v) is 2.46. The number of hydrogen-bond donors (Lipinski definition) is 1. The average Bonchev–Trinajstić information content (AvgIpc) is 2.10. The molecule has 0 bridgehead atoms. The molecule has 0 aromatic heterocycles. The Morgan fingerprint density at radius 3 is 2.57 bits per heavy atom. The van der Waals surface area contributed by atoms with Gasteiger partial charge in [0.25, 0.3) is 0 Å². The van der Waals surface area contributed by atoms with Crippen LogP contribution in [0.15, 0.2) is 18.2 Å². The van der Waals surface area contributed by atoms with E-state index in [2.05, 4.69) is 27.3 Å². The summed E-state index contributed by atoms with van der Waals surface area (Å²) in [5, 5.41) is -0.138. The van der Waals surface area contributed by atoms with E-state index in [-0.39, 0.29) is 0 Å². The van der Waals surface area contributed by atoms with Gasteiger partial charge in [-0.05, 0) is 40.8 Å². The molecule has 14 heavy (non-hydrogen) atoms. The zero-order chi connectivity index (χ0) is 10.8. The van der Waals surface area contributed by atoms with Gasteiger partial charge in [-0.2, -0.15) is 0 Å². The number of benzene rings is 1. The number of halogens is 3. The molecule has 0 aliphatic rings. The first-order chi connectivity index (χ1) is 6.44. The minimum absolute atomic E-state index is 0.340. The smallest absolute Gasteiger partial charge is 0.246 e. The normalized spacial score (nSPS) is 11.4. The van der Waals surface area contributed by atoms with Crippen molar-refractivity contribution >= 4 is 61.5 Å². The number of sulfonamides is 1. The molecule has 1 aromatic carbocycles. The van der Waals surface area contributed by atoms with Crippen molar-refractivity contribution < 1.29 is 8.42 Å². The predicted molar refractivity (Wildman–Crippen MR) is 67.4 cm³/mol. The summed E-state index contributed by atoms with van der Waals surface area (Å²) in [6, 6.07) is 5.00. The monoisotopic (exact) mass is 365 g/mol. The third-order valence-electron chi connectivity index (χ3n) is 1.34. The van der Waals surface area contributed by atoms with Gasteiger partial charge < -0.3 is 0 Å². The maximum Gasteiger partial charge on any atom is 0.246 e. The molecular weight excluding hydrogens is 360 g/mol. The van der Waals surface area contributed by atoms with Crippen LogP contribution in [0.5, 0.6) is 0 Å². The summed E-state index contributed by atoms with van der Waals surface area (Å²) >= 11 is 13.1. The van der Waals surface area contributed by atoms with Crippen LogP contribution in [0.2, 0.25) is 5.02 Å². The van der Waals surface area contributed by atoms with Crippen LogP contribution in [-0.2, 0) is 10.0 Å². The highest BCUT2D eigenvalue weighted by atomic mass is 127. The Hall–Kier alpha value is 0.280. The molecule has 0 amide bonds. The maximum atomic E-state index is 11.1. The largest absolute Gasteiger partial charge is 0.281 e. The molecule has 0 spiro atoms. The molecule has 0 fully saturated rings. The lowest BCUT2D eigenvalue weighted by Gasteiger charge is -2.07. The number of rotatable bonds is 3. The summed E-state index contributed by atoms with van der Waals surface area (Å²) in [6.45, 7) is 0. The van der Waals surface area contributed by atoms with Gasteiger partial charge in [0.05, 0.1) is 10.7 Å². The van der Waals surface area contributed by atoms with Gasteiger partial charge in [0.15, 0.2) is 0 Å². The van der Waals surface area contributed by atoms with Crippen LogP contribution in [0.1, 0.15) is 0 Å². The Labute approximate surface area is 106 Å². The Bertz CT molecular complexity index is 435. The summed E-state index contributed by atoms with van der Waals surface area (Å²) in [5.74, 6) is 0. The van der Waals surface area contributed by atoms with Crippen LogP contribution in [0.4, 0.5) is 5.69 Å². The van der Waals surface area contributed by atoms with E-state index in [0.29, 0.717) is 10.7 Å². The van der Waals surface area contributed by atoms with Gasteiger partial charge in [0, 0.05) is 3.57 Å². The zero-order valence-corrected chi connectivity index (χ0v) is 11.3. The van der Waals surface area contributed by atoms with Crippen LogP contribution in [0, 0.1) is 3.57 Å². The molecule has 78 valence electrons. The van der Waals surface area contributed by atoms with Gasteiger partial charge in [-0.25, -0.2) is 8.42 Å². The zero-order valence-electron chi connectivity index (χ0n) is 6.80. The van der Waals surface area contributed by atoms with Crippen molar-refractivity contribution in [1.29, 1.82) is 0 Å². The first-order valence-electron chi connectivity index (χ1n) is 3.46. The molecule has 0 aliphatic carbocycles. The molecule has 0 unspecified atom stereocenters. The topological polar surface area (TPSA) is 46.2 Å². The average molecular weight is 366 g/mol. The minimum Gasteiger partial charge on any atom is -0.281 e. The SMILES string of the molecule is O=S(=O)(CCl)Nc1ccc(I)cc1Cl. The van der Waals surface area contributed by atoms with Crippen LogP contribution in [-0.4, -0.2) is 13.6 Å². The van der Waals surface area contributed by atoms with E-state index in [1.54, 1.807) is 18.2 Å². The van der Waals surface area contributed by atoms with E-state index in [1.165, 1.54) is 0 Å². The van der Waals surface area contributed by atoms with Gasteiger partial charge in [-0.15, -0.1) is 11.6 Å². The number of nitrogens with one attached hydrogen (secondary N) is 1. The number of anilines is 1. The Kier molecular flexibility index (Phi) is 4.30. The number of hydrogen-bond acceptors (Lipinski definition) is 2. The quantitative estimate of drug-likeness (QED) is 0.661. The van der Waals surface area contributed by atoms with Gasteiger partial charge >= 0.3 is 0 Å². The van der Waals surface area contributed by atoms with Crippen LogP contribution < -0.4 is 4.72 Å². The summed E-state index contributed by atoms with van der Waals surface area (Å²) in [4.78, 5) is 0. The molecule has 0 saturated heterocycles. The molecular formula is C7H6Cl2INO2S. The van der Waals surface area contributed by atoms with E-state index in [9.17, 15) is 8.42 Å². The van der Waals surface area contributed by atoms with Crippen molar-refractivity contribution in [2.75, 3.05) is 9.93 Å². The van der Waals surface area contributed by atoms with Crippen molar-refractivity contribution in [2.45, 2.75) is 0 Å². The first-order valence-corrected chi connectivity index (χ1v) is 7.10. The molecule has 3 nitrogen and oxygen atoms in total. The molecule has 7 heteroatoms. The van der Waals surface area contributed by atoms with Gasteiger partial charge in [-0.3, -0.25) is 4.72 Å². The standard InChI is InChI=1S/C7H6Cl2INO2S/c8-4-14(12,13)11-7-2-1-5(10)3-6(7)9/h1-3,11H,4H2. The molecule has 0 radical (unpaired) electrons. The fourth-order valence-electron chi connectivity index (χ4n) is 0.767. The van der Waals surface area contributed by atoms with Crippen molar-refractivity contribution in [3.63, 3.8) is 0 Å². The third-order valence-corrected chi connectivity index (χ3v) is 4.00. The highest BCUT2D eigenvalue weighted by Gasteiger charge is 2.10. The van der Waals surface area contributed by atoms with E-state index in [0.717, 1.165) is 3.57 Å². The van der Waals surface area contributed by atoms with Gasteiger partial charge in [0.2, 0.25) is 10.0 Å². The van der Waals surface area contributed by atoms with Crippen LogP contribution in [0.25, 0.3) is 0 Å². The lowest BCUT2D eigenvalue weighted by molar-refractivity contribution is 0.605. The molecule has 0 atom stereocenters. The predicted octanol–water partition coefficient (Wildman–Crippen LogP) is 2.88. The van der Waals surface area contributed by atoms with E-state index in [1.807, 2.05) is 0 Å². The second-order valence-corrected chi connectivity index (χ2v) is 6.41. The Morgan fingerprint density at radius 2 is 2.07 bits per heavy atom. The van der Waals surface area contributed by atoms with Crippen LogP contribution >= 0.6 is 45.8 Å². The molecule has 1 N–H and O–H groups in total. The van der Waals surface area contributed by atoms with E-state index < -0.39 is 15.2 Å². The highest BCUT2D eigenvalue weighted by Crippen LogP contribution is 2.24. The molecule has 0 heterocycles. The molecule has 0 aliphatic heterocycles. The Morgan fingerprint density at radius 1 is 1.43 bits per heavy atom. The second-order valence-electron chi connectivity index (χ2n) is 2.45. The van der Waals surface area contributed by atoms with Crippen molar-refractivity contribution in [1.82, 2.24) is 0 Å². The highest BCUT2D eigenvalue weighted by molar-refractivity contribution is 14.1. The molecule has 1 rings (SSSR count). The lowest BCUT2D eigenvalue weighted by Crippen LogP contribution is -2.13. The second kappa shape index (κ2) is 4.87. The summed E-state index contributed by atoms with van der Waals surface area (Å²) < 4.78 is 25.4. The van der Waals surface area contributed by atoms with Crippen molar-refractivity contribution in [3.8, 4) is 0 Å². The minimum atomic E-state index is -3.48. The van der Waals surface area contributed by atoms with Crippen molar-refractivity contribution in [3.05, 3.63) is 26.8 Å². The molecule has 1 aromatic rings. The molecule has 0 saturated carbocycles. The summed E-state index contributed by atoms with van der Waals surface area (Å²) in [7, 11) is -3.48. The van der Waals surface area contributed by atoms with Crippen molar-refractivity contribution in [2.24, 2.45) is 0 Å². The fraction of sp³-hybridized carbons (Fsp3) is 0.143. The Balaban J connectivity index is 2.99. The van der Waals surface area contributed by atoms with E-state index in [4.69, 9.17) is 23.2 Å². The lowest BCUT2D eigenvalue weighted by atomic mass is 10.3. The summed E-state index contributed by atoms with van der Waals surface area (Å²) in [5.41, 5.74) is 0.340. The number of alkyl halides is 1. The third kappa shape index (κ3) is 3.45. The first kappa shape index (κ1) is 12.4. The van der Waals surface area contributed by atoms with Crippen LogP contribution in [0.3, 0.4) is 0 Å².